The van der Waals surface area contributed by atoms with E-state index in [-0.39, 0.29) is 0 Å². The largest absolute Gasteiger partial charge is 0.103 e. The third-order valence-corrected chi connectivity index (χ3v) is 6.03. The summed E-state index contributed by atoms with van der Waals surface area (Å²) in [6.45, 7) is 4.61. The predicted molar refractivity (Wildman–Crippen MR) is 125 cm³/mol. The van der Waals surface area contributed by atoms with E-state index in [1.807, 2.05) is 0 Å². The second kappa shape index (κ2) is 11.5. The molecule has 0 bridgehead atoms. The van der Waals surface area contributed by atoms with Crippen LogP contribution in [0.2, 0.25) is 0 Å². The van der Waals surface area contributed by atoms with Crippen LogP contribution < -0.4 is 0 Å². The fraction of sp³-hybridized carbons (Fsp3) is 0.448. The first-order valence-corrected chi connectivity index (χ1v) is 11.4. The molecule has 0 unspecified atom stereocenters. The summed E-state index contributed by atoms with van der Waals surface area (Å²) in [6, 6.07) is 17.5. The first kappa shape index (κ1) is 21.3. The lowest BCUT2D eigenvalue weighted by atomic mass is 9.79. The Morgan fingerprint density at radius 1 is 0.759 bits per heavy atom. The Bertz CT molecular complexity index is 854. The molecule has 1 aliphatic carbocycles. The number of unbranched alkanes of at least 4 members (excludes halogenated alkanes) is 3. The Morgan fingerprint density at radius 2 is 1.38 bits per heavy atom. The van der Waals surface area contributed by atoms with Gasteiger partial charge in [0.1, 0.15) is 0 Å². The molecule has 29 heavy (non-hydrogen) atoms. The average molecular weight is 383 g/mol. The molecule has 0 heterocycles. The maximum Gasteiger partial charge on any atom is 0.0340 e. The molecule has 3 rings (SSSR count). The molecular weight excluding hydrogens is 348 g/mol. The van der Waals surface area contributed by atoms with E-state index in [1.54, 1.807) is 0 Å². The minimum absolute atomic E-state index is 0.746. The highest BCUT2D eigenvalue weighted by atomic mass is 14.2. The molecule has 1 aliphatic rings. The van der Waals surface area contributed by atoms with Gasteiger partial charge in [0.05, 0.1) is 0 Å². The van der Waals surface area contributed by atoms with Crippen molar-refractivity contribution < 1.29 is 0 Å². The van der Waals surface area contributed by atoms with E-state index in [0.717, 1.165) is 35.8 Å². The molecule has 0 radical (unpaired) electrons. The zero-order valence-electron chi connectivity index (χ0n) is 18.1. The third kappa shape index (κ3) is 7.15. The fourth-order valence-corrected chi connectivity index (χ4v) is 4.00. The summed E-state index contributed by atoms with van der Waals surface area (Å²) in [5, 5.41) is 0. The van der Waals surface area contributed by atoms with Crippen LogP contribution in [0.3, 0.4) is 0 Å². The molecule has 2 aromatic carbocycles. The topological polar surface area (TPSA) is 0 Å². The minimum Gasteiger partial charge on any atom is -0.103 e. The predicted octanol–water partition coefficient (Wildman–Crippen LogP) is 7.51. The van der Waals surface area contributed by atoms with Gasteiger partial charge in [-0.2, -0.15) is 0 Å². The van der Waals surface area contributed by atoms with Gasteiger partial charge in [0, 0.05) is 24.0 Å². The minimum atomic E-state index is 0.746. The van der Waals surface area contributed by atoms with Crippen molar-refractivity contribution in [1.29, 1.82) is 0 Å². The van der Waals surface area contributed by atoms with Crippen LogP contribution in [0.1, 0.15) is 93.4 Å². The molecule has 0 amide bonds. The number of benzene rings is 2. The number of hydrogen-bond acceptors (Lipinski definition) is 0. The Balaban J connectivity index is 1.51. The lowest BCUT2D eigenvalue weighted by Gasteiger charge is -2.26. The molecule has 1 saturated carbocycles. The van der Waals surface area contributed by atoms with E-state index in [4.69, 9.17) is 0 Å². The van der Waals surface area contributed by atoms with Gasteiger partial charge in [0.25, 0.3) is 0 Å². The summed E-state index contributed by atoms with van der Waals surface area (Å²) in [5.41, 5.74) is 4.92. The van der Waals surface area contributed by atoms with Crippen LogP contribution in [0.25, 0.3) is 0 Å². The molecule has 0 heteroatoms. The lowest BCUT2D eigenvalue weighted by molar-refractivity contribution is 0.348. The van der Waals surface area contributed by atoms with E-state index in [9.17, 15) is 0 Å². The van der Waals surface area contributed by atoms with Crippen LogP contribution in [0, 0.1) is 29.6 Å². The first-order valence-electron chi connectivity index (χ1n) is 11.4. The summed E-state index contributed by atoms with van der Waals surface area (Å²) in [5.74, 6) is 14.8. The highest BCUT2D eigenvalue weighted by molar-refractivity contribution is 5.44. The molecule has 0 aromatic heterocycles. The van der Waals surface area contributed by atoms with Crippen LogP contribution in [0.4, 0.5) is 0 Å². The molecule has 150 valence electrons. The maximum atomic E-state index is 3.31. The van der Waals surface area contributed by atoms with Gasteiger partial charge in [-0.1, -0.05) is 81.6 Å². The van der Waals surface area contributed by atoms with Crippen molar-refractivity contribution in [3.05, 3.63) is 70.8 Å². The fourth-order valence-electron chi connectivity index (χ4n) is 4.00. The van der Waals surface area contributed by atoms with Gasteiger partial charge < -0.3 is 0 Å². The highest BCUT2D eigenvalue weighted by Crippen LogP contribution is 2.35. The molecule has 2 aromatic rings. The molecule has 1 fully saturated rings. The summed E-state index contributed by atoms with van der Waals surface area (Å²) in [6.07, 6.45) is 11.0. The summed E-state index contributed by atoms with van der Waals surface area (Å²) in [7, 11) is 0. The second-order valence-electron chi connectivity index (χ2n) is 8.51. The molecular formula is C29H34. The first-order chi connectivity index (χ1) is 14.2. The zero-order valence-corrected chi connectivity index (χ0v) is 18.1. The van der Waals surface area contributed by atoms with E-state index < -0.39 is 0 Å². The van der Waals surface area contributed by atoms with Crippen molar-refractivity contribution in [2.75, 3.05) is 0 Å². The van der Waals surface area contributed by atoms with Crippen molar-refractivity contribution in [3.63, 3.8) is 0 Å². The second-order valence-corrected chi connectivity index (χ2v) is 8.51. The summed E-state index contributed by atoms with van der Waals surface area (Å²) in [4.78, 5) is 0. The van der Waals surface area contributed by atoms with Crippen molar-refractivity contribution in [2.24, 2.45) is 5.92 Å². The van der Waals surface area contributed by atoms with E-state index >= 15 is 0 Å². The monoisotopic (exact) mass is 382 g/mol. The molecule has 0 spiro atoms. The lowest BCUT2D eigenvalue weighted by Crippen LogP contribution is -2.10. The van der Waals surface area contributed by atoms with Crippen LogP contribution in [0.15, 0.2) is 48.5 Å². The normalized spacial score (nSPS) is 18.3. The van der Waals surface area contributed by atoms with Crippen molar-refractivity contribution in [2.45, 2.75) is 77.6 Å². The summed E-state index contributed by atoms with van der Waals surface area (Å²) < 4.78 is 0. The van der Waals surface area contributed by atoms with Crippen molar-refractivity contribution in [3.8, 4) is 23.7 Å². The smallest absolute Gasteiger partial charge is 0.0340 e. The van der Waals surface area contributed by atoms with E-state index in [1.165, 1.54) is 56.1 Å². The highest BCUT2D eigenvalue weighted by Gasteiger charge is 2.19. The van der Waals surface area contributed by atoms with Crippen LogP contribution in [-0.2, 0) is 6.42 Å². The van der Waals surface area contributed by atoms with Gasteiger partial charge >= 0.3 is 0 Å². The standard InChI is InChI=1S/C29H34/c1-3-4-5-6-7-8-9-25-12-14-26(15-13-25)16-17-27-18-22-29(23-19-27)28-20-10-24(2)11-21-28/h12-15,18-19,22-24,28H,3-6,9-11,20-21H2,1-2H3. The van der Waals surface area contributed by atoms with Crippen LogP contribution in [0.5, 0.6) is 0 Å². The Labute approximate surface area is 178 Å². The SMILES string of the molecule is CCCCCC#CCc1ccc(C#Cc2ccc(C3CCC(C)CC3)cc2)cc1. The molecule has 0 saturated heterocycles. The number of hydrogen-bond donors (Lipinski definition) is 0. The van der Waals surface area contributed by atoms with Gasteiger partial charge in [-0.3, -0.25) is 0 Å². The molecule has 0 aliphatic heterocycles. The van der Waals surface area contributed by atoms with Gasteiger partial charge in [-0.15, -0.1) is 5.92 Å². The Morgan fingerprint density at radius 3 is 2.00 bits per heavy atom. The Kier molecular flexibility index (Phi) is 8.46. The zero-order chi connectivity index (χ0) is 20.3. The van der Waals surface area contributed by atoms with Crippen LogP contribution >= 0.6 is 0 Å². The van der Waals surface area contributed by atoms with Gasteiger partial charge in [0.2, 0.25) is 0 Å². The summed E-state index contributed by atoms with van der Waals surface area (Å²) >= 11 is 0. The quantitative estimate of drug-likeness (QED) is 0.371. The number of rotatable bonds is 5. The van der Waals surface area contributed by atoms with Gasteiger partial charge in [-0.25, -0.2) is 0 Å². The molecule has 0 atom stereocenters. The van der Waals surface area contributed by atoms with Gasteiger partial charge in [-0.05, 0) is 66.5 Å². The average Bonchev–Trinajstić information content (AvgIpc) is 2.76. The maximum absolute atomic E-state index is 3.31. The third-order valence-electron chi connectivity index (χ3n) is 6.03. The molecule has 0 N–H and O–H groups in total. The van der Waals surface area contributed by atoms with Crippen molar-refractivity contribution >= 4 is 0 Å². The van der Waals surface area contributed by atoms with E-state index in [0.29, 0.717) is 0 Å². The van der Waals surface area contributed by atoms with E-state index in [2.05, 4.69) is 86.1 Å². The van der Waals surface area contributed by atoms with Crippen molar-refractivity contribution in [1.82, 2.24) is 0 Å². The molecule has 0 nitrogen and oxygen atoms in total. The van der Waals surface area contributed by atoms with Crippen LogP contribution in [-0.4, -0.2) is 0 Å². The Hall–Kier alpha value is -2.44. The van der Waals surface area contributed by atoms with Gasteiger partial charge in [0.15, 0.2) is 0 Å².